The first-order valence-corrected chi connectivity index (χ1v) is 15.2. The molecule has 0 radical (unpaired) electrons. The average Bonchev–Trinajstić information content (AvgIpc) is 3.56. The molecule has 41 heavy (non-hydrogen) atoms. The number of hydrogen-bond donors (Lipinski definition) is 2. The van der Waals surface area contributed by atoms with E-state index in [4.69, 9.17) is 4.42 Å². The number of ketones is 3. The summed E-state index contributed by atoms with van der Waals surface area (Å²) in [6, 6.07) is 7.95. The van der Waals surface area contributed by atoms with Crippen LogP contribution in [-0.4, -0.2) is 41.8 Å². The molecule has 2 aliphatic rings. The van der Waals surface area contributed by atoms with E-state index in [1.54, 1.807) is 12.1 Å². The Morgan fingerprint density at radius 2 is 1.71 bits per heavy atom. The van der Waals surface area contributed by atoms with Crippen molar-refractivity contribution < 1.29 is 28.4 Å². The predicted octanol–water partition coefficient (Wildman–Crippen LogP) is 5.57. The van der Waals surface area contributed by atoms with Crippen molar-refractivity contribution in [3.05, 3.63) is 36.1 Å². The Morgan fingerprint density at radius 1 is 0.976 bits per heavy atom. The number of carbonyl (C=O) groups excluding carboxylic acids is 5. The molecule has 0 saturated heterocycles. The molecule has 2 amide bonds. The number of rotatable bonds is 12. The molecule has 0 bridgehead atoms. The first-order valence-electron chi connectivity index (χ1n) is 15.2. The average molecular weight is 565 g/mol. The van der Waals surface area contributed by atoms with Gasteiger partial charge in [0.2, 0.25) is 11.7 Å². The summed E-state index contributed by atoms with van der Waals surface area (Å²) in [6.07, 6.45) is 7.74. The zero-order valence-electron chi connectivity index (χ0n) is 24.6. The number of hydrogen-bond acceptors (Lipinski definition) is 6. The zero-order chi connectivity index (χ0) is 29.6. The van der Waals surface area contributed by atoms with Crippen LogP contribution in [0.15, 0.2) is 34.7 Å². The van der Waals surface area contributed by atoms with Crippen molar-refractivity contribution in [1.29, 1.82) is 0 Å². The number of carbonyl (C=O) groups is 5. The SMILES string of the molecule is CC(C)(C)CNC(=O)C(=O)[C@H](C[C@@H]1CCCC1=O)NC(=O)[C@@H](CC(=O)c1cc2ccccc2o1)CC1CCCCC1. The fraction of sp³-hybridized carbons (Fsp3) is 0.606. The van der Waals surface area contributed by atoms with Crippen molar-refractivity contribution in [1.82, 2.24) is 10.6 Å². The van der Waals surface area contributed by atoms with Crippen LogP contribution in [0.5, 0.6) is 0 Å². The van der Waals surface area contributed by atoms with Gasteiger partial charge in [-0.3, -0.25) is 24.0 Å². The van der Waals surface area contributed by atoms with E-state index in [1.165, 1.54) is 6.42 Å². The molecule has 2 fully saturated rings. The monoisotopic (exact) mass is 564 g/mol. The van der Waals surface area contributed by atoms with Crippen molar-refractivity contribution in [2.45, 2.75) is 97.4 Å². The molecule has 1 heterocycles. The summed E-state index contributed by atoms with van der Waals surface area (Å²) in [6.45, 7) is 6.15. The van der Waals surface area contributed by atoms with Crippen molar-refractivity contribution in [3.8, 4) is 0 Å². The Labute approximate surface area is 242 Å². The van der Waals surface area contributed by atoms with E-state index in [-0.39, 0.29) is 41.5 Å². The van der Waals surface area contributed by atoms with E-state index < -0.39 is 29.6 Å². The molecule has 1 aromatic carbocycles. The molecule has 0 unspecified atom stereocenters. The highest BCUT2D eigenvalue weighted by molar-refractivity contribution is 6.38. The van der Waals surface area contributed by atoms with Crippen molar-refractivity contribution in [3.63, 3.8) is 0 Å². The van der Waals surface area contributed by atoms with Gasteiger partial charge in [0.15, 0.2) is 11.5 Å². The van der Waals surface area contributed by atoms with Crippen LogP contribution in [0.2, 0.25) is 0 Å². The van der Waals surface area contributed by atoms with Gasteiger partial charge in [-0.25, -0.2) is 0 Å². The summed E-state index contributed by atoms with van der Waals surface area (Å²) in [7, 11) is 0. The Bertz CT molecular complexity index is 1230. The van der Waals surface area contributed by atoms with E-state index >= 15 is 0 Å². The standard InChI is InChI=1S/C33H44N2O6/c1-33(2,3)20-34-32(40)30(38)25(17-22-13-9-14-26(22)36)35-31(39)24(16-21-10-5-4-6-11-21)18-27(37)29-19-23-12-7-8-15-28(23)41-29/h7-8,12,15,19,21-22,24-25H,4-6,9-11,13-14,16-18,20H2,1-3H3,(H,34,40)(H,35,39)/t22-,24+,25-/m0/s1. The summed E-state index contributed by atoms with van der Waals surface area (Å²) in [5.74, 6) is -2.67. The minimum Gasteiger partial charge on any atom is -0.453 e. The fourth-order valence-corrected chi connectivity index (χ4v) is 6.09. The van der Waals surface area contributed by atoms with E-state index in [1.807, 2.05) is 39.0 Å². The van der Waals surface area contributed by atoms with Gasteiger partial charge in [0.05, 0.1) is 6.04 Å². The fourth-order valence-electron chi connectivity index (χ4n) is 6.09. The lowest BCUT2D eigenvalue weighted by Gasteiger charge is -2.28. The summed E-state index contributed by atoms with van der Waals surface area (Å²) in [5, 5.41) is 6.33. The van der Waals surface area contributed by atoms with Gasteiger partial charge in [-0.15, -0.1) is 0 Å². The van der Waals surface area contributed by atoms with E-state index in [0.717, 1.165) is 37.5 Å². The van der Waals surface area contributed by atoms with Crippen LogP contribution in [0, 0.1) is 23.2 Å². The number of Topliss-reactive ketones (excluding diaryl/α,β-unsaturated/α-hetero) is 3. The van der Waals surface area contributed by atoms with Gasteiger partial charge in [0.1, 0.15) is 11.4 Å². The van der Waals surface area contributed by atoms with Crippen molar-refractivity contribution in [2.24, 2.45) is 23.2 Å². The van der Waals surface area contributed by atoms with Crippen LogP contribution in [0.25, 0.3) is 11.0 Å². The molecule has 0 aliphatic heterocycles. The minimum atomic E-state index is -1.12. The second-order valence-corrected chi connectivity index (χ2v) is 13.2. The molecule has 2 aliphatic carbocycles. The normalized spacial score (nSPS) is 19.6. The third-order valence-electron chi connectivity index (χ3n) is 8.43. The van der Waals surface area contributed by atoms with Crippen LogP contribution in [0.1, 0.15) is 102 Å². The van der Waals surface area contributed by atoms with Gasteiger partial charge in [0.25, 0.3) is 5.91 Å². The van der Waals surface area contributed by atoms with Gasteiger partial charge in [0, 0.05) is 36.6 Å². The molecule has 8 heteroatoms. The quantitative estimate of drug-likeness (QED) is 0.257. The molecule has 222 valence electrons. The smallest absolute Gasteiger partial charge is 0.289 e. The van der Waals surface area contributed by atoms with Gasteiger partial charge in [-0.05, 0) is 49.1 Å². The maximum atomic E-state index is 13.8. The molecule has 2 N–H and O–H groups in total. The zero-order valence-corrected chi connectivity index (χ0v) is 24.6. The predicted molar refractivity (Wildman–Crippen MR) is 156 cm³/mol. The highest BCUT2D eigenvalue weighted by Gasteiger charge is 2.36. The molecule has 4 rings (SSSR count). The van der Waals surface area contributed by atoms with Crippen LogP contribution >= 0.6 is 0 Å². The van der Waals surface area contributed by atoms with Crippen LogP contribution in [0.3, 0.4) is 0 Å². The highest BCUT2D eigenvalue weighted by Crippen LogP contribution is 2.32. The number of benzene rings is 1. The Morgan fingerprint density at radius 3 is 2.37 bits per heavy atom. The lowest BCUT2D eigenvalue weighted by molar-refractivity contribution is -0.141. The van der Waals surface area contributed by atoms with Crippen LogP contribution in [-0.2, 0) is 19.2 Å². The van der Waals surface area contributed by atoms with Gasteiger partial charge in [-0.2, -0.15) is 0 Å². The summed E-state index contributed by atoms with van der Waals surface area (Å²) in [5.41, 5.74) is 0.385. The van der Waals surface area contributed by atoms with Gasteiger partial charge in [-0.1, -0.05) is 71.1 Å². The second kappa shape index (κ2) is 13.6. The number of fused-ring (bicyclic) bond motifs is 1. The summed E-state index contributed by atoms with van der Waals surface area (Å²) >= 11 is 0. The molecule has 2 saturated carbocycles. The number of para-hydroxylation sites is 1. The first-order chi connectivity index (χ1) is 19.5. The number of furan rings is 1. The highest BCUT2D eigenvalue weighted by atomic mass is 16.3. The Kier molecular flexibility index (Phi) is 10.2. The van der Waals surface area contributed by atoms with Gasteiger partial charge >= 0.3 is 0 Å². The topological polar surface area (TPSA) is 123 Å². The maximum Gasteiger partial charge on any atom is 0.289 e. The van der Waals surface area contributed by atoms with Gasteiger partial charge < -0.3 is 15.1 Å². The number of amides is 2. The van der Waals surface area contributed by atoms with Crippen molar-refractivity contribution in [2.75, 3.05) is 6.54 Å². The number of nitrogens with one attached hydrogen (secondary N) is 2. The first kappa shape index (κ1) is 30.7. The third kappa shape index (κ3) is 8.60. The van der Waals surface area contributed by atoms with Crippen molar-refractivity contribution >= 4 is 40.1 Å². The van der Waals surface area contributed by atoms with E-state index in [2.05, 4.69) is 10.6 Å². The Hall–Kier alpha value is -3.29. The third-order valence-corrected chi connectivity index (χ3v) is 8.43. The molecule has 2 aromatic rings. The summed E-state index contributed by atoms with van der Waals surface area (Å²) in [4.78, 5) is 65.8. The molecule has 0 spiro atoms. The molecule has 3 atom stereocenters. The second-order valence-electron chi connectivity index (χ2n) is 13.2. The maximum absolute atomic E-state index is 13.8. The van der Waals surface area contributed by atoms with E-state index in [0.29, 0.717) is 37.3 Å². The Balaban J connectivity index is 1.52. The lowest BCUT2D eigenvalue weighted by atomic mass is 9.80. The van der Waals surface area contributed by atoms with Crippen LogP contribution in [0.4, 0.5) is 0 Å². The van der Waals surface area contributed by atoms with E-state index in [9.17, 15) is 24.0 Å². The molecule has 8 nitrogen and oxygen atoms in total. The molecular weight excluding hydrogens is 520 g/mol. The lowest BCUT2D eigenvalue weighted by Crippen LogP contribution is -2.51. The largest absolute Gasteiger partial charge is 0.453 e. The summed E-state index contributed by atoms with van der Waals surface area (Å²) < 4.78 is 5.78. The molecule has 1 aromatic heterocycles. The molecular formula is C33H44N2O6. The minimum absolute atomic E-state index is 0.0539. The van der Waals surface area contributed by atoms with Crippen LogP contribution < -0.4 is 10.6 Å².